The molecule has 1 atom stereocenters. The zero-order valence-corrected chi connectivity index (χ0v) is 7.24. The summed E-state index contributed by atoms with van der Waals surface area (Å²) in [5.41, 5.74) is -0.174. The molecule has 2 N–H and O–H groups in total. The molecule has 0 aliphatic carbocycles. The van der Waals surface area contributed by atoms with E-state index in [9.17, 15) is 4.79 Å². The van der Waals surface area contributed by atoms with Crippen molar-refractivity contribution in [3.05, 3.63) is 0 Å². The lowest BCUT2D eigenvalue weighted by molar-refractivity contribution is -0.130. The predicted molar refractivity (Wildman–Crippen MR) is 44.3 cm³/mol. The van der Waals surface area contributed by atoms with Crippen molar-refractivity contribution >= 4 is 5.91 Å². The molecule has 0 spiro atoms. The van der Waals surface area contributed by atoms with E-state index < -0.39 is 0 Å². The quantitative estimate of drug-likeness (QED) is 0.566. The van der Waals surface area contributed by atoms with Crippen LogP contribution >= 0.6 is 0 Å². The highest BCUT2D eigenvalue weighted by Crippen LogP contribution is 2.24. The number of amides is 1. The SMILES string of the molecule is CNC(=O)C1(C)CCCNC1. The van der Waals surface area contributed by atoms with Crippen LogP contribution in [-0.4, -0.2) is 26.0 Å². The van der Waals surface area contributed by atoms with E-state index in [2.05, 4.69) is 10.6 Å². The van der Waals surface area contributed by atoms with Crippen LogP contribution in [-0.2, 0) is 4.79 Å². The zero-order chi connectivity index (χ0) is 8.32. The second kappa shape index (κ2) is 3.22. The van der Waals surface area contributed by atoms with Gasteiger partial charge in [0.15, 0.2) is 0 Å². The molecule has 0 aromatic carbocycles. The van der Waals surface area contributed by atoms with Gasteiger partial charge in [-0.05, 0) is 26.3 Å². The maximum Gasteiger partial charge on any atom is 0.226 e. The van der Waals surface area contributed by atoms with Crippen LogP contribution in [0, 0.1) is 5.41 Å². The average Bonchev–Trinajstić information content (AvgIpc) is 2.04. The molecule has 1 saturated heterocycles. The molecule has 11 heavy (non-hydrogen) atoms. The summed E-state index contributed by atoms with van der Waals surface area (Å²) in [5.74, 6) is 0.157. The van der Waals surface area contributed by atoms with Crippen LogP contribution in [0.5, 0.6) is 0 Å². The molecule has 1 aliphatic rings. The molecule has 0 aromatic rings. The molecule has 1 aliphatic heterocycles. The smallest absolute Gasteiger partial charge is 0.226 e. The molecular formula is C8H16N2O. The lowest BCUT2D eigenvalue weighted by Crippen LogP contribution is -2.47. The predicted octanol–water partition coefficient (Wildman–Crippen LogP) is 0.122. The van der Waals surface area contributed by atoms with Crippen molar-refractivity contribution in [2.45, 2.75) is 19.8 Å². The first-order valence-corrected chi connectivity index (χ1v) is 4.12. The van der Waals surface area contributed by atoms with Crippen LogP contribution in [0.15, 0.2) is 0 Å². The molecule has 1 rings (SSSR count). The van der Waals surface area contributed by atoms with Crippen LogP contribution in [0.1, 0.15) is 19.8 Å². The van der Waals surface area contributed by atoms with Gasteiger partial charge in [0.05, 0.1) is 5.41 Å². The molecule has 1 heterocycles. The van der Waals surface area contributed by atoms with Crippen molar-refractivity contribution in [2.24, 2.45) is 5.41 Å². The van der Waals surface area contributed by atoms with Crippen molar-refractivity contribution in [1.29, 1.82) is 0 Å². The summed E-state index contributed by atoms with van der Waals surface area (Å²) in [6.45, 7) is 3.87. The summed E-state index contributed by atoms with van der Waals surface area (Å²) in [6, 6.07) is 0. The highest BCUT2D eigenvalue weighted by Gasteiger charge is 2.33. The summed E-state index contributed by atoms with van der Waals surface area (Å²) < 4.78 is 0. The largest absolute Gasteiger partial charge is 0.359 e. The lowest BCUT2D eigenvalue weighted by Gasteiger charge is -2.31. The minimum absolute atomic E-state index is 0.157. The fourth-order valence-corrected chi connectivity index (χ4v) is 1.55. The molecule has 1 fully saturated rings. The minimum atomic E-state index is -0.174. The van der Waals surface area contributed by atoms with Gasteiger partial charge in [-0.2, -0.15) is 0 Å². The standard InChI is InChI=1S/C8H16N2O/c1-8(7(11)9-2)4-3-5-10-6-8/h10H,3-6H2,1-2H3,(H,9,11). The molecule has 1 unspecified atom stereocenters. The third kappa shape index (κ3) is 1.71. The van der Waals surface area contributed by atoms with E-state index in [0.29, 0.717) is 0 Å². The number of hydrogen-bond acceptors (Lipinski definition) is 2. The Morgan fingerprint density at radius 3 is 2.82 bits per heavy atom. The Bertz CT molecular complexity index is 150. The molecular weight excluding hydrogens is 140 g/mol. The summed E-state index contributed by atoms with van der Waals surface area (Å²) in [5, 5.41) is 5.93. The first kappa shape index (κ1) is 8.53. The van der Waals surface area contributed by atoms with Crippen molar-refractivity contribution in [1.82, 2.24) is 10.6 Å². The topological polar surface area (TPSA) is 41.1 Å². The Hall–Kier alpha value is -0.570. The highest BCUT2D eigenvalue weighted by atomic mass is 16.2. The molecule has 3 nitrogen and oxygen atoms in total. The van der Waals surface area contributed by atoms with Crippen molar-refractivity contribution in [3.63, 3.8) is 0 Å². The van der Waals surface area contributed by atoms with Gasteiger partial charge in [0.25, 0.3) is 0 Å². The third-order valence-electron chi connectivity index (χ3n) is 2.37. The number of nitrogens with one attached hydrogen (secondary N) is 2. The van der Waals surface area contributed by atoms with E-state index in [1.54, 1.807) is 7.05 Å². The fraction of sp³-hybridized carbons (Fsp3) is 0.875. The summed E-state index contributed by atoms with van der Waals surface area (Å²) in [4.78, 5) is 11.3. The first-order chi connectivity index (χ1) is 5.19. The lowest BCUT2D eigenvalue weighted by atomic mass is 9.82. The van der Waals surface area contributed by atoms with Gasteiger partial charge < -0.3 is 10.6 Å². The van der Waals surface area contributed by atoms with Gasteiger partial charge in [-0.15, -0.1) is 0 Å². The minimum Gasteiger partial charge on any atom is -0.359 e. The van der Waals surface area contributed by atoms with E-state index >= 15 is 0 Å². The summed E-state index contributed by atoms with van der Waals surface area (Å²) in [6.07, 6.45) is 2.10. The van der Waals surface area contributed by atoms with Crippen LogP contribution < -0.4 is 10.6 Å². The maximum atomic E-state index is 11.3. The average molecular weight is 156 g/mol. The van der Waals surface area contributed by atoms with Crippen LogP contribution in [0.25, 0.3) is 0 Å². The number of carbonyl (C=O) groups is 1. The fourth-order valence-electron chi connectivity index (χ4n) is 1.55. The number of rotatable bonds is 1. The Morgan fingerprint density at radius 1 is 1.64 bits per heavy atom. The second-order valence-electron chi connectivity index (χ2n) is 3.42. The monoisotopic (exact) mass is 156 g/mol. The molecule has 3 heteroatoms. The van der Waals surface area contributed by atoms with Crippen molar-refractivity contribution in [2.75, 3.05) is 20.1 Å². The number of hydrogen-bond donors (Lipinski definition) is 2. The Labute approximate surface area is 67.5 Å². The van der Waals surface area contributed by atoms with Crippen LogP contribution in [0.4, 0.5) is 0 Å². The van der Waals surface area contributed by atoms with Gasteiger partial charge in [-0.1, -0.05) is 0 Å². The number of piperidine rings is 1. The van der Waals surface area contributed by atoms with E-state index in [0.717, 1.165) is 25.9 Å². The van der Waals surface area contributed by atoms with E-state index in [1.807, 2.05) is 6.92 Å². The van der Waals surface area contributed by atoms with Crippen LogP contribution in [0.3, 0.4) is 0 Å². The van der Waals surface area contributed by atoms with Gasteiger partial charge in [-0.3, -0.25) is 4.79 Å². The van der Waals surface area contributed by atoms with Crippen LogP contribution in [0.2, 0.25) is 0 Å². The van der Waals surface area contributed by atoms with E-state index in [4.69, 9.17) is 0 Å². The Balaban J connectivity index is 2.56. The molecule has 0 bridgehead atoms. The second-order valence-corrected chi connectivity index (χ2v) is 3.42. The van der Waals surface area contributed by atoms with Gasteiger partial charge in [0.1, 0.15) is 0 Å². The van der Waals surface area contributed by atoms with E-state index in [-0.39, 0.29) is 11.3 Å². The Kier molecular flexibility index (Phi) is 2.49. The first-order valence-electron chi connectivity index (χ1n) is 4.12. The molecule has 1 amide bonds. The molecule has 64 valence electrons. The van der Waals surface area contributed by atoms with Gasteiger partial charge in [0, 0.05) is 13.6 Å². The van der Waals surface area contributed by atoms with Crippen molar-refractivity contribution in [3.8, 4) is 0 Å². The highest BCUT2D eigenvalue weighted by molar-refractivity contribution is 5.82. The molecule has 0 saturated carbocycles. The normalized spacial score (nSPS) is 31.5. The van der Waals surface area contributed by atoms with Gasteiger partial charge in [0.2, 0.25) is 5.91 Å². The van der Waals surface area contributed by atoms with Crippen molar-refractivity contribution < 1.29 is 4.79 Å². The Morgan fingerprint density at radius 2 is 2.36 bits per heavy atom. The summed E-state index contributed by atoms with van der Waals surface area (Å²) in [7, 11) is 1.70. The van der Waals surface area contributed by atoms with Gasteiger partial charge in [-0.25, -0.2) is 0 Å². The third-order valence-corrected chi connectivity index (χ3v) is 2.37. The van der Waals surface area contributed by atoms with Gasteiger partial charge >= 0.3 is 0 Å². The zero-order valence-electron chi connectivity index (χ0n) is 7.24. The molecule has 0 aromatic heterocycles. The molecule has 0 radical (unpaired) electrons. The van der Waals surface area contributed by atoms with E-state index in [1.165, 1.54) is 0 Å². The summed E-state index contributed by atoms with van der Waals surface area (Å²) >= 11 is 0. The maximum absolute atomic E-state index is 11.3. The number of carbonyl (C=O) groups excluding carboxylic acids is 1.